The fourth-order valence-corrected chi connectivity index (χ4v) is 3.70. The third-order valence-corrected chi connectivity index (χ3v) is 4.96. The summed E-state index contributed by atoms with van der Waals surface area (Å²) in [4.78, 5) is 14.6. The van der Waals surface area contributed by atoms with E-state index < -0.39 is 0 Å². The van der Waals surface area contributed by atoms with Crippen LogP contribution in [0, 0.1) is 13.8 Å². The fraction of sp³-hybridized carbons (Fsp3) is 0.500. The summed E-state index contributed by atoms with van der Waals surface area (Å²) in [6, 6.07) is 2.03. The van der Waals surface area contributed by atoms with Crippen molar-refractivity contribution >= 4 is 22.9 Å². The minimum atomic E-state index is -0.0312. The molecule has 4 nitrogen and oxygen atoms in total. The van der Waals surface area contributed by atoms with E-state index in [4.69, 9.17) is 0 Å². The minimum absolute atomic E-state index is 0.0312. The van der Waals surface area contributed by atoms with Crippen molar-refractivity contribution in [1.82, 2.24) is 9.78 Å². The third kappa shape index (κ3) is 3.18. The SMILES string of the molecule is CCCc1sc(C(=O)Nc2c(C)nn(C)c2C)cc1CC. The van der Waals surface area contributed by atoms with Gasteiger partial charge in [-0.25, -0.2) is 0 Å². The molecule has 0 spiro atoms. The Balaban J connectivity index is 2.24. The summed E-state index contributed by atoms with van der Waals surface area (Å²) in [5.74, 6) is -0.0312. The lowest BCUT2D eigenvalue weighted by atomic mass is 10.1. The predicted molar refractivity (Wildman–Crippen MR) is 88.3 cm³/mol. The molecule has 1 N–H and O–H groups in total. The summed E-state index contributed by atoms with van der Waals surface area (Å²) in [5, 5.41) is 7.34. The number of amides is 1. The lowest BCUT2D eigenvalue weighted by molar-refractivity contribution is 0.103. The van der Waals surface area contributed by atoms with Crippen LogP contribution < -0.4 is 5.32 Å². The number of nitrogens with one attached hydrogen (secondary N) is 1. The Morgan fingerprint density at radius 2 is 2.10 bits per heavy atom. The monoisotopic (exact) mass is 305 g/mol. The molecule has 0 aliphatic rings. The minimum Gasteiger partial charge on any atom is -0.318 e. The molecular formula is C16H23N3OS. The van der Waals surface area contributed by atoms with E-state index in [9.17, 15) is 4.79 Å². The first-order valence-corrected chi connectivity index (χ1v) is 8.22. The van der Waals surface area contributed by atoms with Crippen LogP contribution in [-0.4, -0.2) is 15.7 Å². The van der Waals surface area contributed by atoms with Gasteiger partial charge in [-0.1, -0.05) is 20.3 Å². The van der Waals surface area contributed by atoms with Gasteiger partial charge >= 0.3 is 0 Å². The highest BCUT2D eigenvalue weighted by Gasteiger charge is 2.17. The lowest BCUT2D eigenvalue weighted by Crippen LogP contribution is -2.11. The maximum absolute atomic E-state index is 12.5. The molecule has 0 saturated carbocycles. The van der Waals surface area contributed by atoms with Crippen LogP contribution in [0.4, 0.5) is 5.69 Å². The predicted octanol–water partition coefficient (Wildman–Crippen LogP) is 3.87. The van der Waals surface area contributed by atoms with Crippen molar-refractivity contribution in [3.05, 3.63) is 32.8 Å². The third-order valence-electron chi connectivity index (χ3n) is 3.73. The molecule has 2 heterocycles. The molecule has 0 atom stereocenters. The number of anilines is 1. The van der Waals surface area contributed by atoms with Crippen LogP contribution in [0.2, 0.25) is 0 Å². The lowest BCUT2D eigenvalue weighted by Gasteiger charge is -2.03. The highest BCUT2D eigenvalue weighted by atomic mass is 32.1. The van der Waals surface area contributed by atoms with Crippen LogP contribution in [-0.2, 0) is 19.9 Å². The average Bonchev–Trinajstić information content (AvgIpc) is 2.96. The molecule has 0 aliphatic carbocycles. The highest BCUT2D eigenvalue weighted by Crippen LogP contribution is 2.26. The molecule has 1 amide bonds. The van der Waals surface area contributed by atoms with Crippen LogP contribution in [0.1, 0.15) is 51.8 Å². The van der Waals surface area contributed by atoms with E-state index in [0.717, 1.165) is 41.2 Å². The Bertz CT molecular complexity index is 655. The number of aromatic nitrogens is 2. The molecule has 5 heteroatoms. The molecule has 0 aromatic carbocycles. The first-order valence-electron chi connectivity index (χ1n) is 7.41. The van der Waals surface area contributed by atoms with E-state index in [2.05, 4.69) is 24.3 Å². The normalized spacial score (nSPS) is 10.9. The van der Waals surface area contributed by atoms with E-state index in [1.54, 1.807) is 16.0 Å². The quantitative estimate of drug-likeness (QED) is 0.911. The summed E-state index contributed by atoms with van der Waals surface area (Å²) < 4.78 is 1.79. The Morgan fingerprint density at radius 3 is 2.62 bits per heavy atom. The molecule has 2 aromatic heterocycles. The van der Waals surface area contributed by atoms with Gasteiger partial charge in [0.15, 0.2) is 0 Å². The Hall–Kier alpha value is -1.62. The standard InChI is InChI=1S/C16H23N3OS/c1-6-8-13-12(7-2)9-14(21-13)16(20)17-15-10(3)18-19(5)11(15)4/h9H,6-8H2,1-5H3,(H,17,20). The molecule has 114 valence electrons. The molecule has 2 rings (SSSR count). The molecule has 21 heavy (non-hydrogen) atoms. The second kappa shape index (κ2) is 6.43. The molecule has 0 unspecified atom stereocenters. The number of aryl methyl sites for hydroxylation is 4. The van der Waals surface area contributed by atoms with Gasteiger partial charge in [-0.2, -0.15) is 5.10 Å². The first kappa shape index (κ1) is 15.8. The van der Waals surface area contributed by atoms with Gasteiger partial charge in [-0.05, 0) is 38.3 Å². The first-order chi connectivity index (χ1) is 9.97. The van der Waals surface area contributed by atoms with Gasteiger partial charge in [-0.3, -0.25) is 9.48 Å². The summed E-state index contributed by atoms with van der Waals surface area (Å²) in [7, 11) is 1.89. The van der Waals surface area contributed by atoms with Crippen LogP contribution in [0.15, 0.2) is 6.07 Å². The number of nitrogens with zero attached hydrogens (tertiary/aromatic N) is 2. The second-order valence-corrected chi connectivity index (χ2v) is 6.42. The van der Waals surface area contributed by atoms with Gasteiger partial charge in [0.1, 0.15) is 0 Å². The van der Waals surface area contributed by atoms with Gasteiger partial charge in [0.25, 0.3) is 5.91 Å². The van der Waals surface area contributed by atoms with Gasteiger partial charge < -0.3 is 5.32 Å². The highest BCUT2D eigenvalue weighted by molar-refractivity contribution is 7.14. The summed E-state index contributed by atoms with van der Waals surface area (Å²) >= 11 is 1.62. The van der Waals surface area contributed by atoms with Crippen molar-refractivity contribution in [2.75, 3.05) is 5.32 Å². The van der Waals surface area contributed by atoms with E-state index in [-0.39, 0.29) is 5.91 Å². The molecule has 2 aromatic rings. The number of rotatable bonds is 5. The van der Waals surface area contributed by atoms with Gasteiger partial charge in [-0.15, -0.1) is 11.3 Å². The van der Waals surface area contributed by atoms with Gasteiger partial charge in [0, 0.05) is 11.9 Å². The van der Waals surface area contributed by atoms with Crippen molar-refractivity contribution in [3.63, 3.8) is 0 Å². The van der Waals surface area contributed by atoms with E-state index in [1.807, 2.05) is 27.0 Å². The van der Waals surface area contributed by atoms with Crippen LogP contribution in [0.25, 0.3) is 0 Å². The molecule has 0 bridgehead atoms. The number of carbonyl (C=O) groups is 1. The average molecular weight is 305 g/mol. The molecule has 0 radical (unpaired) electrons. The number of hydrogen-bond donors (Lipinski definition) is 1. The van der Waals surface area contributed by atoms with Crippen LogP contribution in [0.3, 0.4) is 0 Å². The van der Waals surface area contributed by atoms with E-state index in [1.165, 1.54) is 10.4 Å². The largest absolute Gasteiger partial charge is 0.318 e. The second-order valence-electron chi connectivity index (χ2n) is 5.29. The van der Waals surface area contributed by atoms with Crippen molar-refractivity contribution in [2.45, 2.75) is 47.0 Å². The zero-order chi connectivity index (χ0) is 15.6. The Morgan fingerprint density at radius 1 is 1.38 bits per heavy atom. The fourth-order valence-electron chi connectivity index (χ4n) is 2.45. The van der Waals surface area contributed by atoms with Crippen molar-refractivity contribution < 1.29 is 4.79 Å². The van der Waals surface area contributed by atoms with Crippen LogP contribution in [0.5, 0.6) is 0 Å². The number of thiophene rings is 1. The van der Waals surface area contributed by atoms with E-state index >= 15 is 0 Å². The van der Waals surface area contributed by atoms with Crippen molar-refractivity contribution in [2.24, 2.45) is 7.05 Å². The Kier molecular flexibility index (Phi) is 4.83. The Labute approximate surface area is 130 Å². The molecule has 0 saturated heterocycles. The van der Waals surface area contributed by atoms with Crippen molar-refractivity contribution in [3.8, 4) is 0 Å². The topological polar surface area (TPSA) is 46.9 Å². The summed E-state index contributed by atoms with van der Waals surface area (Å²) in [6.07, 6.45) is 3.13. The maximum atomic E-state index is 12.5. The molecule has 0 aliphatic heterocycles. The number of carbonyl (C=O) groups excluding carboxylic acids is 1. The smallest absolute Gasteiger partial charge is 0.265 e. The molecule has 0 fully saturated rings. The van der Waals surface area contributed by atoms with Gasteiger partial charge in [0.05, 0.1) is 22.0 Å². The summed E-state index contributed by atoms with van der Waals surface area (Å²) in [6.45, 7) is 8.18. The van der Waals surface area contributed by atoms with Gasteiger partial charge in [0.2, 0.25) is 0 Å². The van der Waals surface area contributed by atoms with Crippen molar-refractivity contribution in [1.29, 1.82) is 0 Å². The van der Waals surface area contributed by atoms with Crippen LogP contribution >= 0.6 is 11.3 Å². The maximum Gasteiger partial charge on any atom is 0.265 e. The van der Waals surface area contributed by atoms with E-state index in [0.29, 0.717) is 0 Å². The molecular weight excluding hydrogens is 282 g/mol. The zero-order valence-corrected chi connectivity index (χ0v) is 14.2. The zero-order valence-electron chi connectivity index (χ0n) is 13.4. The number of hydrogen-bond acceptors (Lipinski definition) is 3. The summed E-state index contributed by atoms with van der Waals surface area (Å²) in [5.41, 5.74) is 3.95.